The number of carbonyl (C=O) groups is 2. The number of allylic oxidation sites excluding steroid dienone is 2. The van der Waals surface area contributed by atoms with Gasteiger partial charge in [-0.3, -0.25) is 0 Å². The summed E-state index contributed by atoms with van der Waals surface area (Å²) in [6, 6.07) is 7.26. The van der Waals surface area contributed by atoms with Gasteiger partial charge in [0.2, 0.25) is 0 Å². The van der Waals surface area contributed by atoms with Crippen molar-refractivity contribution in [2.75, 3.05) is 20.8 Å². The third kappa shape index (κ3) is 3.64. The highest BCUT2D eigenvalue weighted by Crippen LogP contribution is 2.42. The van der Waals surface area contributed by atoms with E-state index in [0.717, 1.165) is 0 Å². The zero-order valence-electron chi connectivity index (χ0n) is 15.4. The van der Waals surface area contributed by atoms with Gasteiger partial charge in [-0.1, -0.05) is 30.9 Å². The zero-order chi connectivity index (χ0) is 19.3. The van der Waals surface area contributed by atoms with E-state index in [1.807, 2.05) is 18.2 Å². The summed E-state index contributed by atoms with van der Waals surface area (Å²) in [4.78, 5) is 25.0. The molecule has 6 heteroatoms. The molecule has 0 radical (unpaired) electrons. The number of para-hydroxylation sites is 1. The third-order valence-electron chi connectivity index (χ3n) is 4.16. The van der Waals surface area contributed by atoms with E-state index in [4.69, 9.17) is 14.2 Å². The summed E-state index contributed by atoms with van der Waals surface area (Å²) in [6.45, 7) is 7.49. The number of benzene rings is 1. The molecule has 0 aliphatic carbocycles. The molecule has 1 N–H and O–H groups in total. The van der Waals surface area contributed by atoms with E-state index in [1.165, 1.54) is 14.2 Å². The molecule has 1 aliphatic rings. The summed E-state index contributed by atoms with van der Waals surface area (Å²) in [5.74, 6) is -1.15. The fourth-order valence-corrected chi connectivity index (χ4v) is 3.07. The Morgan fingerprint density at radius 2 is 1.62 bits per heavy atom. The van der Waals surface area contributed by atoms with Crippen molar-refractivity contribution in [1.82, 2.24) is 5.32 Å². The van der Waals surface area contributed by atoms with Crippen LogP contribution in [0, 0.1) is 0 Å². The van der Waals surface area contributed by atoms with Crippen LogP contribution in [0.4, 0.5) is 0 Å². The minimum absolute atomic E-state index is 0.300. The molecule has 0 atom stereocenters. The fourth-order valence-electron chi connectivity index (χ4n) is 3.07. The Kier molecular flexibility index (Phi) is 6.22. The van der Waals surface area contributed by atoms with Crippen LogP contribution < -0.4 is 10.1 Å². The van der Waals surface area contributed by atoms with Crippen molar-refractivity contribution >= 4 is 11.9 Å². The van der Waals surface area contributed by atoms with Crippen LogP contribution in [0.3, 0.4) is 0 Å². The molecule has 0 bridgehead atoms. The maximum absolute atomic E-state index is 12.5. The predicted molar refractivity (Wildman–Crippen MR) is 97.4 cm³/mol. The van der Waals surface area contributed by atoms with Crippen LogP contribution in [0.25, 0.3) is 0 Å². The van der Waals surface area contributed by atoms with Crippen LogP contribution >= 0.6 is 0 Å². The third-order valence-corrected chi connectivity index (χ3v) is 4.16. The normalized spacial score (nSPS) is 14.6. The van der Waals surface area contributed by atoms with E-state index in [0.29, 0.717) is 40.5 Å². The number of hydrogen-bond acceptors (Lipinski definition) is 6. The van der Waals surface area contributed by atoms with Crippen molar-refractivity contribution in [2.45, 2.75) is 19.8 Å². The van der Waals surface area contributed by atoms with Gasteiger partial charge in [-0.25, -0.2) is 9.59 Å². The number of hydrogen-bond donors (Lipinski definition) is 1. The van der Waals surface area contributed by atoms with Crippen LogP contribution in [0.15, 0.2) is 59.5 Å². The smallest absolute Gasteiger partial charge is 0.336 e. The van der Waals surface area contributed by atoms with E-state index in [2.05, 4.69) is 11.9 Å². The van der Waals surface area contributed by atoms with Crippen LogP contribution in [0.2, 0.25) is 0 Å². The lowest BCUT2D eigenvalue weighted by atomic mass is 9.80. The number of rotatable bonds is 6. The first-order valence-electron chi connectivity index (χ1n) is 8.14. The molecule has 0 unspecified atom stereocenters. The van der Waals surface area contributed by atoms with Gasteiger partial charge in [0.15, 0.2) is 0 Å². The number of methoxy groups -OCH3 is 2. The SMILES string of the molecule is C=CCOc1ccccc1C1C(C(=O)OC)=C(C)NC(C)=C1C(=O)OC. The van der Waals surface area contributed by atoms with Gasteiger partial charge in [-0.2, -0.15) is 0 Å². The van der Waals surface area contributed by atoms with Gasteiger partial charge in [-0.15, -0.1) is 0 Å². The van der Waals surface area contributed by atoms with E-state index in [1.54, 1.807) is 26.0 Å². The van der Waals surface area contributed by atoms with Crippen molar-refractivity contribution in [3.8, 4) is 5.75 Å². The van der Waals surface area contributed by atoms with Gasteiger partial charge >= 0.3 is 11.9 Å². The van der Waals surface area contributed by atoms with E-state index >= 15 is 0 Å². The minimum atomic E-state index is -0.669. The Hall–Kier alpha value is -3.02. The molecule has 0 spiro atoms. The Labute approximate surface area is 153 Å². The highest BCUT2D eigenvalue weighted by molar-refractivity contribution is 6.00. The predicted octanol–water partition coefficient (Wildman–Crippen LogP) is 2.83. The molecular weight excluding hydrogens is 334 g/mol. The summed E-state index contributed by atoms with van der Waals surface area (Å²) in [5.41, 5.74) is 2.59. The summed E-state index contributed by atoms with van der Waals surface area (Å²) in [7, 11) is 2.62. The fraction of sp³-hybridized carbons (Fsp3) is 0.300. The van der Waals surface area contributed by atoms with Crippen LogP contribution in [0.5, 0.6) is 5.75 Å². The molecule has 0 fully saturated rings. The summed E-state index contributed by atoms with van der Waals surface area (Å²) < 4.78 is 15.7. The van der Waals surface area contributed by atoms with Crippen molar-refractivity contribution < 1.29 is 23.8 Å². The Morgan fingerprint density at radius 3 is 2.12 bits per heavy atom. The standard InChI is InChI=1S/C20H23NO5/c1-6-11-26-15-10-8-7-9-14(15)18-16(19(22)24-4)12(2)21-13(3)17(18)20(23)25-5/h6-10,18,21H,1,11H2,2-5H3. The van der Waals surface area contributed by atoms with E-state index in [9.17, 15) is 9.59 Å². The summed E-state index contributed by atoms with van der Waals surface area (Å²) in [5, 5.41) is 3.07. The second kappa shape index (κ2) is 8.38. The van der Waals surface area contributed by atoms with Gasteiger partial charge in [0.25, 0.3) is 0 Å². The van der Waals surface area contributed by atoms with Gasteiger partial charge in [0, 0.05) is 17.0 Å². The molecule has 0 saturated carbocycles. The van der Waals surface area contributed by atoms with Crippen LogP contribution in [-0.4, -0.2) is 32.8 Å². The van der Waals surface area contributed by atoms with Gasteiger partial charge < -0.3 is 19.5 Å². The zero-order valence-corrected chi connectivity index (χ0v) is 15.4. The second-order valence-corrected chi connectivity index (χ2v) is 5.76. The minimum Gasteiger partial charge on any atom is -0.489 e. The number of esters is 2. The van der Waals surface area contributed by atoms with Crippen molar-refractivity contribution in [2.24, 2.45) is 0 Å². The molecule has 0 saturated heterocycles. The maximum atomic E-state index is 12.5. The maximum Gasteiger partial charge on any atom is 0.336 e. The Bertz CT molecular complexity index is 753. The lowest BCUT2D eigenvalue weighted by Crippen LogP contribution is -2.32. The first-order valence-corrected chi connectivity index (χ1v) is 8.14. The van der Waals surface area contributed by atoms with Crippen LogP contribution in [-0.2, 0) is 19.1 Å². The lowest BCUT2D eigenvalue weighted by Gasteiger charge is -2.30. The lowest BCUT2D eigenvalue weighted by molar-refractivity contribution is -0.137. The van der Waals surface area contributed by atoms with E-state index < -0.39 is 17.9 Å². The average molecular weight is 357 g/mol. The van der Waals surface area contributed by atoms with Gasteiger partial charge in [0.05, 0.1) is 31.3 Å². The average Bonchev–Trinajstić information content (AvgIpc) is 2.64. The quantitative estimate of drug-likeness (QED) is 0.623. The number of ether oxygens (including phenoxy) is 3. The molecule has 1 aliphatic heterocycles. The molecule has 1 aromatic rings. The number of dihydropyridines is 1. The molecule has 1 aromatic carbocycles. The summed E-state index contributed by atoms with van der Waals surface area (Å²) >= 11 is 0. The highest BCUT2D eigenvalue weighted by atomic mass is 16.5. The monoisotopic (exact) mass is 357 g/mol. The van der Waals surface area contributed by atoms with Gasteiger partial charge in [0.1, 0.15) is 12.4 Å². The largest absolute Gasteiger partial charge is 0.489 e. The Morgan fingerprint density at radius 1 is 1.08 bits per heavy atom. The van der Waals surface area contributed by atoms with Crippen molar-refractivity contribution in [3.05, 3.63) is 65.0 Å². The molecule has 0 amide bonds. The second-order valence-electron chi connectivity index (χ2n) is 5.76. The highest BCUT2D eigenvalue weighted by Gasteiger charge is 2.38. The molecule has 2 rings (SSSR count). The molecule has 0 aromatic heterocycles. The number of carbonyl (C=O) groups excluding carboxylic acids is 2. The molecule has 6 nitrogen and oxygen atoms in total. The van der Waals surface area contributed by atoms with Crippen molar-refractivity contribution in [3.63, 3.8) is 0 Å². The van der Waals surface area contributed by atoms with Crippen molar-refractivity contribution in [1.29, 1.82) is 0 Å². The number of nitrogens with one attached hydrogen (secondary N) is 1. The molecule has 1 heterocycles. The first kappa shape index (κ1) is 19.3. The summed E-state index contributed by atoms with van der Waals surface area (Å²) in [6.07, 6.45) is 1.63. The first-order chi connectivity index (χ1) is 12.5. The molecular formula is C20H23NO5. The van der Waals surface area contributed by atoms with Gasteiger partial charge in [-0.05, 0) is 19.9 Å². The molecule has 138 valence electrons. The van der Waals surface area contributed by atoms with Crippen LogP contribution in [0.1, 0.15) is 25.3 Å². The van der Waals surface area contributed by atoms with E-state index in [-0.39, 0.29) is 0 Å². The Balaban J connectivity index is 2.71. The molecule has 26 heavy (non-hydrogen) atoms. The topological polar surface area (TPSA) is 73.9 Å².